The van der Waals surface area contributed by atoms with E-state index in [4.69, 9.17) is 18.9 Å². The molecule has 10 nitrogen and oxygen atoms in total. The molecule has 37 heavy (non-hydrogen) atoms. The lowest BCUT2D eigenvalue weighted by Crippen LogP contribution is -2.10. The Bertz CT molecular complexity index is 1280. The van der Waals surface area contributed by atoms with Crippen molar-refractivity contribution in [3.8, 4) is 28.7 Å². The number of non-ortho nitro benzene ring substituents is 1. The van der Waals surface area contributed by atoms with Crippen LogP contribution in [0.15, 0.2) is 48.5 Å². The van der Waals surface area contributed by atoms with E-state index in [0.717, 1.165) is 5.56 Å². The summed E-state index contributed by atoms with van der Waals surface area (Å²) in [6, 6.07) is 12.3. The van der Waals surface area contributed by atoms with E-state index in [1.54, 1.807) is 30.3 Å². The molecule has 0 unspecified atom stereocenters. The number of aromatic hydroxyl groups is 1. The summed E-state index contributed by atoms with van der Waals surface area (Å²) in [6.07, 6.45) is 3.76. The van der Waals surface area contributed by atoms with E-state index < -0.39 is 4.92 Å². The van der Waals surface area contributed by atoms with Gasteiger partial charge in [0.05, 0.1) is 33.4 Å². The summed E-state index contributed by atoms with van der Waals surface area (Å²) in [5, 5.41) is 24.3. The predicted molar refractivity (Wildman–Crippen MR) is 140 cm³/mol. The van der Waals surface area contributed by atoms with Crippen molar-refractivity contribution in [1.29, 1.82) is 0 Å². The third kappa shape index (κ3) is 6.49. The zero-order valence-corrected chi connectivity index (χ0v) is 20.9. The molecule has 0 spiro atoms. The minimum absolute atomic E-state index is 0.0421. The van der Waals surface area contributed by atoms with Crippen LogP contribution in [-0.4, -0.2) is 50.8 Å². The molecule has 0 aliphatic rings. The molecule has 0 atom stereocenters. The first-order chi connectivity index (χ1) is 17.8. The number of nitro groups is 1. The highest BCUT2D eigenvalue weighted by molar-refractivity contribution is 5.96. The molecule has 0 saturated heterocycles. The monoisotopic (exact) mass is 508 g/mol. The maximum absolute atomic E-state index is 12.5. The Morgan fingerprint density at radius 3 is 2.08 bits per heavy atom. The van der Waals surface area contributed by atoms with E-state index in [-0.39, 0.29) is 35.9 Å². The molecule has 0 aliphatic heterocycles. The van der Waals surface area contributed by atoms with Gasteiger partial charge in [0.1, 0.15) is 0 Å². The second-order valence-electron chi connectivity index (χ2n) is 7.81. The van der Waals surface area contributed by atoms with Crippen molar-refractivity contribution in [3.05, 3.63) is 75.3 Å². The molecule has 0 saturated carbocycles. The lowest BCUT2D eigenvalue weighted by molar-refractivity contribution is -0.384. The van der Waals surface area contributed by atoms with Crippen LogP contribution >= 0.6 is 0 Å². The summed E-state index contributed by atoms with van der Waals surface area (Å²) in [6.45, 7) is 0.286. The molecule has 10 heteroatoms. The fourth-order valence-electron chi connectivity index (χ4n) is 3.65. The van der Waals surface area contributed by atoms with E-state index in [9.17, 15) is 20.0 Å². The van der Waals surface area contributed by atoms with Crippen molar-refractivity contribution in [1.82, 2.24) is 0 Å². The topological polar surface area (TPSA) is 129 Å². The molecule has 0 fully saturated rings. The van der Waals surface area contributed by atoms with Gasteiger partial charge in [0.25, 0.3) is 5.69 Å². The summed E-state index contributed by atoms with van der Waals surface area (Å²) >= 11 is 0. The lowest BCUT2D eigenvalue weighted by Gasteiger charge is -2.14. The number of carbonyl (C=O) groups is 1. The van der Waals surface area contributed by atoms with Crippen LogP contribution in [0.1, 0.15) is 27.9 Å². The number of Topliss-reactive ketones (excluding diaryl/α,β-unsaturated/α-hetero) is 1. The third-order valence-corrected chi connectivity index (χ3v) is 5.56. The van der Waals surface area contributed by atoms with Crippen LogP contribution in [-0.2, 0) is 0 Å². The molecule has 3 rings (SSSR count). The van der Waals surface area contributed by atoms with E-state index >= 15 is 0 Å². The summed E-state index contributed by atoms with van der Waals surface area (Å²) < 4.78 is 21.4. The zero-order chi connectivity index (χ0) is 26.9. The Balaban J connectivity index is 1.81. The maximum atomic E-state index is 12.5. The molecule has 0 aromatic heterocycles. The van der Waals surface area contributed by atoms with Crippen LogP contribution in [0.25, 0.3) is 12.2 Å². The van der Waals surface area contributed by atoms with E-state index in [0.29, 0.717) is 34.1 Å². The Labute approximate surface area is 214 Å². The van der Waals surface area contributed by atoms with Gasteiger partial charge in [-0.15, -0.1) is 0 Å². The average Bonchev–Trinajstić information content (AvgIpc) is 2.91. The number of anilines is 1. The Morgan fingerprint density at radius 2 is 1.54 bits per heavy atom. The van der Waals surface area contributed by atoms with Crippen molar-refractivity contribution < 1.29 is 33.8 Å². The number of nitrogens with one attached hydrogen (secondary N) is 1. The minimum atomic E-state index is -0.513. The quantitative estimate of drug-likeness (QED) is 0.112. The SMILES string of the molecule is COc1cc(NCCC(=O)c2ccc([N+](=O)[O-])cc2)c(/C=C\c2cc(OC)c(OC)c(OC)c2)cc1O. The number of phenolic OH excluding ortho intramolecular Hbond substituents is 1. The van der Waals surface area contributed by atoms with Gasteiger partial charge in [-0.25, -0.2) is 0 Å². The first-order valence-corrected chi connectivity index (χ1v) is 11.2. The maximum Gasteiger partial charge on any atom is 0.269 e. The predicted octanol–water partition coefficient (Wildman–Crippen LogP) is 5.19. The average molecular weight is 509 g/mol. The second kappa shape index (κ2) is 12.3. The number of carbonyl (C=O) groups excluding carboxylic acids is 1. The molecule has 3 aromatic carbocycles. The van der Waals surface area contributed by atoms with Crippen molar-refractivity contribution in [2.45, 2.75) is 6.42 Å². The van der Waals surface area contributed by atoms with Crippen molar-refractivity contribution >= 4 is 29.3 Å². The number of ether oxygens (including phenoxy) is 4. The smallest absolute Gasteiger partial charge is 0.269 e. The molecule has 194 valence electrons. The highest BCUT2D eigenvalue weighted by atomic mass is 16.6. The molecule has 0 amide bonds. The van der Waals surface area contributed by atoms with Gasteiger partial charge in [-0.05, 0) is 35.9 Å². The third-order valence-electron chi connectivity index (χ3n) is 5.56. The normalized spacial score (nSPS) is 10.7. The van der Waals surface area contributed by atoms with Crippen LogP contribution in [0.5, 0.6) is 28.7 Å². The van der Waals surface area contributed by atoms with Crippen LogP contribution in [0.3, 0.4) is 0 Å². The number of rotatable bonds is 12. The Kier molecular flexibility index (Phi) is 8.93. The first-order valence-electron chi connectivity index (χ1n) is 11.2. The van der Waals surface area contributed by atoms with E-state index in [2.05, 4.69) is 5.32 Å². The Hall–Kier alpha value is -4.73. The Morgan fingerprint density at radius 1 is 0.919 bits per heavy atom. The van der Waals surface area contributed by atoms with Gasteiger partial charge in [0.15, 0.2) is 28.8 Å². The van der Waals surface area contributed by atoms with Crippen LogP contribution in [0, 0.1) is 10.1 Å². The van der Waals surface area contributed by atoms with Crippen LogP contribution < -0.4 is 24.3 Å². The van der Waals surface area contributed by atoms with Gasteiger partial charge >= 0.3 is 0 Å². The van der Waals surface area contributed by atoms with Crippen LogP contribution in [0.2, 0.25) is 0 Å². The number of nitrogens with zero attached hydrogens (tertiary/aromatic N) is 1. The number of hydrogen-bond acceptors (Lipinski definition) is 9. The van der Waals surface area contributed by atoms with E-state index in [1.807, 2.05) is 6.08 Å². The molecular formula is C27H28N2O8. The second-order valence-corrected chi connectivity index (χ2v) is 7.81. The number of ketones is 1. The molecule has 0 heterocycles. The summed E-state index contributed by atoms with van der Waals surface area (Å²) in [7, 11) is 6.04. The molecule has 0 aliphatic carbocycles. The number of phenols is 1. The largest absolute Gasteiger partial charge is 0.504 e. The molecule has 0 radical (unpaired) electrons. The van der Waals surface area contributed by atoms with Crippen molar-refractivity contribution in [2.75, 3.05) is 40.3 Å². The molecule has 0 bridgehead atoms. The summed E-state index contributed by atoms with van der Waals surface area (Å²) in [4.78, 5) is 22.8. The van der Waals surface area contributed by atoms with Gasteiger partial charge in [-0.3, -0.25) is 14.9 Å². The fraction of sp³-hybridized carbons (Fsp3) is 0.222. The highest BCUT2D eigenvalue weighted by Gasteiger charge is 2.14. The highest BCUT2D eigenvalue weighted by Crippen LogP contribution is 2.39. The van der Waals surface area contributed by atoms with Gasteiger partial charge in [-0.1, -0.05) is 12.2 Å². The number of hydrogen-bond donors (Lipinski definition) is 2. The minimum Gasteiger partial charge on any atom is -0.504 e. The van der Waals surface area contributed by atoms with E-state index in [1.165, 1.54) is 52.7 Å². The van der Waals surface area contributed by atoms with Crippen LogP contribution in [0.4, 0.5) is 11.4 Å². The van der Waals surface area contributed by atoms with Gasteiger partial charge in [0.2, 0.25) is 5.75 Å². The van der Waals surface area contributed by atoms with Gasteiger partial charge in [-0.2, -0.15) is 0 Å². The summed E-state index contributed by atoms with van der Waals surface area (Å²) in [5.74, 6) is 1.55. The van der Waals surface area contributed by atoms with Crippen molar-refractivity contribution in [2.24, 2.45) is 0 Å². The first kappa shape index (κ1) is 26.9. The molecular weight excluding hydrogens is 480 g/mol. The van der Waals surface area contributed by atoms with Crippen molar-refractivity contribution in [3.63, 3.8) is 0 Å². The molecule has 3 aromatic rings. The van der Waals surface area contributed by atoms with Gasteiger partial charge in [0, 0.05) is 48.0 Å². The van der Waals surface area contributed by atoms with Gasteiger partial charge < -0.3 is 29.4 Å². The number of benzene rings is 3. The standard InChI is InChI=1S/C27H28N2O8/c1-34-24-16-21(28-12-11-22(30)18-7-9-20(10-8-18)29(32)33)19(15-23(24)31)6-5-17-13-25(35-2)27(37-4)26(14-17)36-3/h5-10,13-16,28,31H,11-12H2,1-4H3/b6-5-. The lowest BCUT2D eigenvalue weighted by atomic mass is 10.1. The zero-order valence-electron chi connectivity index (χ0n) is 20.9. The fourth-order valence-corrected chi connectivity index (χ4v) is 3.65. The number of methoxy groups -OCH3 is 4. The molecule has 2 N–H and O–H groups in total. The number of nitro benzene ring substituents is 1. The summed E-state index contributed by atoms with van der Waals surface area (Å²) in [5.41, 5.74) is 2.36.